The molecule has 0 saturated heterocycles. The second-order valence-corrected chi connectivity index (χ2v) is 3.96. The Balaban J connectivity index is 2.65. The van der Waals surface area contributed by atoms with E-state index in [-0.39, 0.29) is 22.4 Å². The van der Waals surface area contributed by atoms with Gasteiger partial charge in [0.2, 0.25) is 0 Å². The Hall–Kier alpha value is -2.87. The molecule has 0 saturated carbocycles. The molecule has 5 heteroatoms. The van der Waals surface area contributed by atoms with Crippen LogP contribution in [0.15, 0.2) is 36.4 Å². The number of carbonyl (C=O) groups is 1. The first-order chi connectivity index (χ1) is 9.01. The van der Waals surface area contributed by atoms with Gasteiger partial charge in [-0.2, -0.15) is 5.26 Å². The van der Waals surface area contributed by atoms with E-state index in [1.165, 1.54) is 30.3 Å². The lowest BCUT2D eigenvalue weighted by molar-refractivity contribution is 0.0697. The van der Waals surface area contributed by atoms with Crippen LogP contribution in [0.5, 0.6) is 0 Å². The molecule has 94 valence electrons. The zero-order chi connectivity index (χ0) is 14.0. The van der Waals surface area contributed by atoms with Gasteiger partial charge in [0.05, 0.1) is 17.2 Å². The monoisotopic (exact) mass is 256 g/mol. The Bertz CT molecular complexity index is 705. The van der Waals surface area contributed by atoms with Crippen molar-refractivity contribution in [3.05, 3.63) is 53.3 Å². The van der Waals surface area contributed by atoms with Crippen LogP contribution in [-0.2, 0) is 0 Å². The van der Waals surface area contributed by atoms with Crippen LogP contribution in [0.25, 0.3) is 11.1 Å². The molecule has 0 aromatic heterocycles. The number of hydrogen-bond acceptors (Lipinski definition) is 3. The van der Waals surface area contributed by atoms with Gasteiger partial charge in [-0.1, -0.05) is 0 Å². The van der Waals surface area contributed by atoms with Gasteiger partial charge in [-0.05, 0) is 42.0 Å². The van der Waals surface area contributed by atoms with Crippen molar-refractivity contribution in [1.82, 2.24) is 0 Å². The highest BCUT2D eigenvalue weighted by molar-refractivity contribution is 5.91. The number of nitriles is 1. The smallest absolute Gasteiger partial charge is 0.335 e. The van der Waals surface area contributed by atoms with Crippen LogP contribution in [0.1, 0.15) is 15.9 Å². The Labute approximate surface area is 108 Å². The lowest BCUT2D eigenvalue weighted by atomic mass is 10.00. The number of nitrogen functional groups attached to an aromatic ring is 1. The first kappa shape index (κ1) is 12.6. The normalized spacial score (nSPS) is 9.89. The highest BCUT2D eigenvalue weighted by atomic mass is 19.1. The maximum atomic E-state index is 13.8. The molecule has 0 atom stereocenters. The van der Waals surface area contributed by atoms with E-state index in [1.54, 1.807) is 0 Å². The highest BCUT2D eigenvalue weighted by Crippen LogP contribution is 2.27. The van der Waals surface area contributed by atoms with Crippen molar-refractivity contribution < 1.29 is 14.3 Å². The van der Waals surface area contributed by atoms with Gasteiger partial charge in [-0.25, -0.2) is 9.18 Å². The third kappa shape index (κ3) is 2.53. The van der Waals surface area contributed by atoms with Gasteiger partial charge in [0, 0.05) is 11.3 Å². The third-order valence-corrected chi connectivity index (χ3v) is 2.61. The minimum Gasteiger partial charge on any atom is -0.478 e. The summed E-state index contributed by atoms with van der Waals surface area (Å²) >= 11 is 0. The highest BCUT2D eigenvalue weighted by Gasteiger charge is 2.11. The van der Waals surface area contributed by atoms with Crippen molar-refractivity contribution in [1.29, 1.82) is 5.26 Å². The van der Waals surface area contributed by atoms with Crippen LogP contribution < -0.4 is 5.73 Å². The Morgan fingerprint density at radius 2 is 2.00 bits per heavy atom. The second kappa shape index (κ2) is 4.78. The molecule has 0 spiro atoms. The quantitative estimate of drug-likeness (QED) is 0.808. The van der Waals surface area contributed by atoms with E-state index in [0.29, 0.717) is 5.56 Å². The van der Waals surface area contributed by atoms with Crippen molar-refractivity contribution in [2.45, 2.75) is 0 Å². The predicted octanol–water partition coefficient (Wildman–Crippen LogP) is 2.64. The molecule has 2 aromatic rings. The number of benzene rings is 2. The molecule has 4 nitrogen and oxygen atoms in total. The lowest BCUT2D eigenvalue weighted by Gasteiger charge is -2.07. The first-order valence-electron chi connectivity index (χ1n) is 5.35. The molecule has 0 aliphatic heterocycles. The van der Waals surface area contributed by atoms with Crippen molar-refractivity contribution in [2.24, 2.45) is 0 Å². The molecule has 0 amide bonds. The van der Waals surface area contributed by atoms with Gasteiger partial charge < -0.3 is 10.8 Å². The third-order valence-electron chi connectivity index (χ3n) is 2.61. The van der Waals surface area contributed by atoms with E-state index in [1.807, 2.05) is 6.07 Å². The fourth-order valence-corrected chi connectivity index (χ4v) is 1.75. The molecule has 2 aromatic carbocycles. The summed E-state index contributed by atoms with van der Waals surface area (Å²) in [4.78, 5) is 10.9. The molecule has 0 fully saturated rings. The molecule has 19 heavy (non-hydrogen) atoms. The summed E-state index contributed by atoms with van der Waals surface area (Å²) in [6.07, 6.45) is 0. The molecule has 0 radical (unpaired) electrons. The summed E-state index contributed by atoms with van der Waals surface area (Å²) in [7, 11) is 0. The number of anilines is 1. The number of halogens is 1. The van der Waals surface area contributed by atoms with E-state index in [4.69, 9.17) is 16.1 Å². The first-order valence-corrected chi connectivity index (χ1v) is 5.35. The fourth-order valence-electron chi connectivity index (χ4n) is 1.75. The van der Waals surface area contributed by atoms with Gasteiger partial charge >= 0.3 is 5.97 Å². The van der Waals surface area contributed by atoms with Crippen LogP contribution in [0.2, 0.25) is 0 Å². The molecular formula is C14H9FN2O2. The second-order valence-electron chi connectivity index (χ2n) is 3.96. The Morgan fingerprint density at radius 3 is 2.63 bits per heavy atom. The number of carboxylic acids is 1. The predicted molar refractivity (Wildman–Crippen MR) is 67.9 cm³/mol. The van der Waals surface area contributed by atoms with Crippen LogP contribution in [-0.4, -0.2) is 11.1 Å². The van der Waals surface area contributed by atoms with Gasteiger partial charge in [0.25, 0.3) is 0 Å². The van der Waals surface area contributed by atoms with Gasteiger partial charge in [-0.3, -0.25) is 0 Å². The molecule has 2 rings (SSSR count). The van der Waals surface area contributed by atoms with E-state index in [9.17, 15) is 9.18 Å². The molecule has 0 unspecified atom stereocenters. The number of carboxylic acid groups (broad SMARTS) is 1. The summed E-state index contributed by atoms with van der Waals surface area (Å²) in [5.74, 6) is -1.69. The minimum atomic E-state index is -1.15. The molecular weight excluding hydrogens is 247 g/mol. The Morgan fingerprint density at radius 1 is 1.26 bits per heavy atom. The molecule has 0 aliphatic rings. The number of hydrogen-bond donors (Lipinski definition) is 2. The maximum Gasteiger partial charge on any atom is 0.335 e. The van der Waals surface area contributed by atoms with Gasteiger partial charge in [0.15, 0.2) is 0 Å². The lowest BCUT2D eigenvalue weighted by Crippen LogP contribution is -1.99. The number of aromatic carboxylic acids is 1. The van der Waals surface area contributed by atoms with E-state index < -0.39 is 11.8 Å². The Kier molecular flexibility index (Phi) is 3.17. The van der Waals surface area contributed by atoms with Crippen LogP contribution in [0.4, 0.5) is 10.1 Å². The zero-order valence-electron chi connectivity index (χ0n) is 9.72. The summed E-state index contributed by atoms with van der Waals surface area (Å²) in [5, 5.41) is 17.8. The summed E-state index contributed by atoms with van der Waals surface area (Å²) < 4.78 is 13.8. The van der Waals surface area contributed by atoms with E-state index in [0.717, 1.165) is 6.07 Å². The maximum absolute atomic E-state index is 13.8. The summed E-state index contributed by atoms with van der Waals surface area (Å²) in [6.45, 7) is 0. The molecule has 0 aliphatic carbocycles. The van der Waals surface area contributed by atoms with Crippen molar-refractivity contribution in [2.75, 3.05) is 5.73 Å². The van der Waals surface area contributed by atoms with Crippen LogP contribution in [0, 0.1) is 17.1 Å². The average molecular weight is 256 g/mol. The number of nitrogens with zero attached hydrogens (tertiary/aromatic N) is 1. The van der Waals surface area contributed by atoms with Crippen molar-refractivity contribution in [3.8, 4) is 17.2 Å². The molecule has 0 heterocycles. The number of rotatable bonds is 2. The SMILES string of the molecule is N#Cc1ccc(F)c(-c2cc(N)cc(C(=O)O)c2)c1. The largest absolute Gasteiger partial charge is 0.478 e. The number of nitrogens with two attached hydrogens (primary N) is 1. The van der Waals surface area contributed by atoms with Crippen molar-refractivity contribution in [3.63, 3.8) is 0 Å². The standard InChI is InChI=1S/C14H9FN2O2/c15-13-2-1-8(7-16)3-12(13)9-4-10(14(18)19)6-11(17)5-9/h1-6H,17H2,(H,18,19). The summed E-state index contributed by atoms with van der Waals surface area (Å²) in [6, 6.07) is 9.85. The molecule has 3 N–H and O–H groups in total. The zero-order valence-corrected chi connectivity index (χ0v) is 9.72. The van der Waals surface area contributed by atoms with E-state index in [2.05, 4.69) is 0 Å². The van der Waals surface area contributed by atoms with E-state index >= 15 is 0 Å². The molecule has 0 bridgehead atoms. The average Bonchev–Trinajstić information content (AvgIpc) is 2.38. The van der Waals surface area contributed by atoms with Gasteiger partial charge in [0.1, 0.15) is 5.82 Å². The topological polar surface area (TPSA) is 87.1 Å². The fraction of sp³-hybridized carbons (Fsp3) is 0. The van der Waals surface area contributed by atoms with Gasteiger partial charge in [-0.15, -0.1) is 0 Å². The van der Waals surface area contributed by atoms with Crippen LogP contribution in [0.3, 0.4) is 0 Å². The van der Waals surface area contributed by atoms with Crippen LogP contribution >= 0.6 is 0 Å². The van der Waals surface area contributed by atoms with Crippen molar-refractivity contribution >= 4 is 11.7 Å². The minimum absolute atomic E-state index is 0.0308. The summed E-state index contributed by atoms with van der Waals surface area (Å²) in [5.41, 5.74) is 6.55.